The normalized spacial score (nSPS) is 14.9. The molecular formula is C80H63Br3N12O10S6. The number of carbonyl (C=O) groups excluding carboxylic acids is 3. The van der Waals surface area contributed by atoms with E-state index in [4.69, 9.17) is 50.7 Å². The van der Waals surface area contributed by atoms with Gasteiger partial charge in [0.2, 0.25) is 17.6 Å². The summed E-state index contributed by atoms with van der Waals surface area (Å²) >= 11 is 19.0. The van der Waals surface area contributed by atoms with Crippen LogP contribution in [0.2, 0.25) is 0 Å². The molecule has 0 aliphatic carbocycles. The van der Waals surface area contributed by atoms with E-state index in [1.165, 1.54) is 35.3 Å². The van der Waals surface area contributed by atoms with Gasteiger partial charge in [0.25, 0.3) is 0 Å². The van der Waals surface area contributed by atoms with Crippen LogP contribution in [0, 0.1) is 68.0 Å². The molecular weight excluding hydrogens is 1720 g/mol. The Labute approximate surface area is 689 Å². The number of ether oxygens (including phenoxy) is 6. The minimum absolute atomic E-state index is 0.0808. The first-order valence-electron chi connectivity index (χ1n) is 33.4. The standard InChI is InChI=1S/3C26H19BrN4O3S2.C2H6O/c3*1-2-33-26(32)23-20(34-24(30)17(13-29)22(23)16-6-3-4-7-18(16)27)14-36-25-15(12-28)9-10-19(31-25)21-8-5-11-35-21;1-2-3/h3*3-11,22H,2,14,30H2,1H3;3H,2H2,1H3. The Morgan fingerprint density at radius 1 is 0.423 bits per heavy atom. The van der Waals surface area contributed by atoms with Gasteiger partial charge in [0.05, 0.1) is 120 Å². The summed E-state index contributed by atoms with van der Waals surface area (Å²) < 4.78 is 35.7. The smallest absolute Gasteiger partial charge is 0.338 e. The van der Waals surface area contributed by atoms with Crippen molar-refractivity contribution >= 4 is 135 Å². The third kappa shape index (κ3) is 20.4. The number of aromatic nitrogens is 3. The number of aliphatic hydroxyl groups is 1. The Balaban J connectivity index is 0.000000188. The SMILES string of the molecule is CCO.CCOC(=O)C1=C(CSc2nc(-c3cccs3)ccc2C#N)OC(N)=C(C#N)C1c1ccccc1Br.CCOC(=O)C1=C(CSc2nc(-c3cccs3)ccc2C#N)OC(N)=C(C#N)C1c1ccccc1Br.CCOC(=O)C1=C(CSc2nc(-c3cccs3)ccc2C#N)OC(N)=C(C#N)C1c1ccccc1Br. The van der Waals surface area contributed by atoms with Crippen molar-refractivity contribution in [2.45, 2.75) is 60.5 Å². The van der Waals surface area contributed by atoms with Gasteiger partial charge >= 0.3 is 17.9 Å². The first-order valence-corrected chi connectivity index (χ1v) is 41.3. The molecule has 6 aromatic heterocycles. The maximum atomic E-state index is 13.2. The van der Waals surface area contributed by atoms with Gasteiger partial charge in [-0.25, -0.2) is 29.3 Å². The molecule has 12 rings (SSSR count). The number of allylic oxidation sites excluding steroid dienone is 3. The number of esters is 3. The molecule has 111 heavy (non-hydrogen) atoms. The molecule has 9 aromatic rings. The molecule has 560 valence electrons. The zero-order chi connectivity index (χ0) is 79.7. The van der Waals surface area contributed by atoms with Gasteiger partial charge in [0, 0.05) is 20.0 Å². The largest absolute Gasteiger partial charge is 0.463 e. The molecule has 3 aliphatic rings. The Hall–Kier alpha value is -10.8. The molecule has 3 aliphatic heterocycles. The highest BCUT2D eigenvalue weighted by molar-refractivity contribution is 9.11. The van der Waals surface area contributed by atoms with E-state index in [-0.39, 0.29) is 112 Å². The van der Waals surface area contributed by atoms with Crippen LogP contribution in [0.25, 0.3) is 31.7 Å². The molecule has 3 atom stereocenters. The van der Waals surface area contributed by atoms with Gasteiger partial charge in [-0.05, 0) is 133 Å². The average molecular weight is 1780 g/mol. The summed E-state index contributed by atoms with van der Waals surface area (Å²) in [5, 5.41) is 73.5. The number of nitriles is 6. The lowest BCUT2D eigenvalue weighted by molar-refractivity contribution is -0.140. The average Bonchev–Trinajstić information content (AvgIpc) is 1.17. The van der Waals surface area contributed by atoms with Crippen molar-refractivity contribution in [3.8, 4) is 68.1 Å². The molecule has 3 aromatic carbocycles. The fourth-order valence-electron chi connectivity index (χ4n) is 11.1. The number of nitrogens with zero attached hydrogens (tertiary/aromatic N) is 9. The van der Waals surface area contributed by atoms with Crippen LogP contribution in [-0.2, 0) is 42.8 Å². The zero-order valence-electron chi connectivity index (χ0n) is 59.2. The highest BCUT2D eigenvalue weighted by atomic mass is 79.9. The Morgan fingerprint density at radius 2 is 0.685 bits per heavy atom. The number of thiophene rings is 3. The number of rotatable bonds is 21. The molecule has 0 amide bonds. The van der Waals surface area contributed by atoms with E-state index in [2.05, 4.69) is 99.2 Å². The van der Waals surface area contributed by atoms with Gasteiger partial charge in [0.1, 0.15) is 85.5 Å². The minimum Gasteiger partial charge on any atom is -0.463 e. The van der Waals surface area contributed by atoms with Gasteiger partial charge in [0.15, 0.2) is 0 Å². The lowest BCUT2D eigenvalue weighted by Gasteiger charge is -2.28. The van der Waals surface area contributed by atoms with E-state index < -0.39 is 35.7 Å². The van der Waals surface area contributed by atoms with Crippen molar-refractivity contribution in [3.05, 3.63) is 277 Å². The van der Waals surface area contributed by atoms with Gasteiger partial charge in [-0.2, -0.15) is 31.6 Å². The van der Waals surface area contributed by atoms with E-state index in [1.807, 2.05) is 125 Å². The monoisotopic (exact) mass is 1780 g/mol. The summed E-state index contributed by atoms with van der Waals surface area (Å²) in [4.78, 5) is 56.5. The first-order chi connectivity index (χ1) is 53.8. The summed E-state index contributed by atoms with van der Waals surface area (Å²) in [6.45, 7) is 7.50. The van der Waals surface area contributed by atoms with Gasteiger partial charge in [-0.15, -0.1) is 34.0 Å². The van der Waals surface area contributed by atoms with Crippen LogP contribution < -0.4 is 17.2 Å². The van der Waals surface area contributed by atoms with E-state index in [1.54, 1.807) is 98.1 Å². The van der Waals surface area contributed by atoms with Gasteiger partial charge in [-0.3, -0.25) is 0 Å². The fraction of sp³-hybridized carbons (Fsp3) is 0.175. The van der Waals surface area contributed by atoms with Crippen molar-refractivity contribution in [2.24, 2.45) is 17.2 Å². The number of aliphatic hydroxyl groups excluding tert-OH is 1. The number of hydrogen-bond donors (Lipinski definition) is 4. The Morgan fingerprint density at radius 3 is 0.901 bits per heavy atom. The van der Waals surface area contributed by atoms with Crippen LogP contribution in [-0.4, -0.2) is 81.7 Å². The second kappa shape index (κ2) is 41.3. The van der Waals surface area contributed by atoms with Crippen molar-refractivity contribution < 1.29 is 47.9 Å². The van der Waals surface area contributed by atoms with E-state index in [0.29, 0.717) is 61.9 Å². The number of nitrogens with two attached hydrogens (primary N) is 3. The van der Waals surface area contributed by atoms with E-state index >= 15 is 0 Å². The Kier molecular flexibility index (Phi) is 31.4. The molecule has 0 fully saturated rings. The number of pyridine rings is 3. The maximum absolute atomic E-state index is 13.2. The van der Waals surface area contributed by atoms with Crippen LogP contribution in [0.3, 0.4) is 0 Å². The van der Waals surface area contributed by atoms with Crippen molar-refractivity contribution in [1.29, 1.82) is 31.6 Å². The quantitative estimate of drug-likeness (QED) is 0.0295. The Bertz CT molecular complexity index is 4910. The summed E-state index contributed by atoms with van der Waals surface area (Å²) in [7, 11) is 0. The molecule has 0 radical (unpaired) electrons. The number of thioether (sulfide) groups is 3. The number of hydrogen-bond acceptors (Lipinski definition) is 28. The highest BCUT2D eigenvalue weighted by Gasteiger charge is 2.42. The van der Waals surface area contributed by atoms with Gasteiger partial charge in [-0.1, -0.05) is 156 Å². The summed E-state index contributed by atoms with van der Waals surface area (Å²) in [5.41, 5.74) is 24.9. The molecule has 22 nitrogen and oxygen atoms in total. The lowest BCUT2D eigenvalue weighted by atomic mass is 9.83. The second-order valence-corrected chi connectivity index (χ2v) is 30.9. The third-order valence-corrected chi connectivity index (χ3v) is 23.7. The maximum Gasteiger partial charge on any atom is 0.338 e. The summed E-state index contributed by atoms with van der Waals surface area (Å²) in [5.74, 6) is -3.21. The summed E-state index contributed by atoms with van der Waals surface area (Å²) in [6.07, 6.45) is 0. The van der Waals surface area contributed by atoms with Crippen LogP contribution >= 0.6 is 117 Å². The van der Waals surface area contributed by atoms with E-state index in [0.717, 1.165) is 31.7 Å². The van der Waals surface area contributed by atoms with Crippen LogP contribution in [0.15, 0.2) is 259 Å². The fourth-order valence-corrected chi connectivity index (χ4v) is 17.5. The predicted octanol–water partition coefficient (Wildman–Crippen LogP) is 17.6. The highest BCUT2D eigenvalue weighted by Crippen LogP contribution is 2.48. The van der Waals surface area contributed by atoms with Crippen LogP contribution in [0.5, 0.6) is 0 Å². The molecule has 7 N–H and O–H groups in total. The first kappa shape index (κ1) is 84.3. The third-order valence-electron chi connectivity index (χ3n) is 15.9. The molecule has 0 bridgehead atoms. The minimum atomic E-state index is -0.783. The van der Waals surface area contributed by atoms with Gasteiger partial charge < -0.3 is 50.7 Å². The number of benzene rings is 3. The van der Waals surface area contributed by atoms with Crippen molar-refractivity contribution in [2.75, 3.05) is 43.7 Å². The zero-order valence-corrected chi connectivity index (χ0v) is 68.9. The predicted molar refractivity (Wildman–Crippen MR) is 437 cm³/mol. The topological polar surface area (TPSA) is 386 Å². The number of halogens is 3. The van der Waals surface area contributed by atoms with Crippen molar-refractivity contribution in [1.82, 2.24) is 15.0 Å². The molecule has 0 saturated heterocycles. The molecule has 31 heteroatoms. The second-order valence-electron chi connectivity index (χ2n) is 22.6. The van der Waals surface area contributed by atoms with Crippen LogP contribution in [0.4, 0.5) is 0 Å². The molecule has 3 unspecified atom stereocenters. The molecule has 0 spiro atoms. The van der Waals surface area contributed by atoms with Crippen molar-refractivity contribution in [3.63, 3.8) is 0 Å². The summed E-state index contributed by atoms with van der Waals surface area (Å²) in [6, 6.07) is 56.9. The van der Waals surface area contributed by atoms with Crippen LogP contribution in [0.1, 0.15) is 78.8 Å². The number of carbonyl (C=O) groups is 3. The molecule has 0 saturated carbocycles. The lowest BCUT2D eigenvalue weighted by Crippen LogP contribution is -2.27. The molecule has 9 heterocycles. The van der Waals surface area contributed by atoms with E-state index in [9.17, 15) is 46.0 Å².